The second-order valence-corrected chi connectivity index (χ2v) is 3.35. The zero-order chi connectivity index (χ0) is 9.97. The molecule has 0 spiro atoms. The quantitative estimate of drug-likeness (QED) is 0.679. The normalized spacial score (nSPS) is 15.7. The Labute approximate surface area is 82.7 Å². The number of nitrogens with two attached hydrogens (primary N) is 1. The number of nitrogens with one attached hydrogen (secondary N) is 1. The maximum absolute atomic E-state index is 11.3. The van der Waals surface area contributed by atoms with Crippen LogP contribution in [0.5, 0.6) is 0 Å². The highest BCUT2D eigenvalue weighted by atomic mass is 16.2. The van der Waals surface area contributed by atoms with Gasteiger partial charge in [-0.15, -0.1) is 0 Å². The van der Waals surface area contributed by atoms with Crippen molar-refractivity contribution >= 4 is 11.7 Å². The summed E-state index contributed by atoms with van der Waals surface area (Å²) in [5.41, 5.74) is 7.53. The molecule has 74 valence electrons. The van der Waals surface area contributed by atoms with Gasteiger partial charge < -0.3 is 16.0 Å². The minimum absolute atomic E-state index is 0.00625. The molecule has 1 aromatic rings. The molecule has 3 N–H and O–H groups in total. The summed E-state index contributed by atoms with van der Waals surface area (Å²) in [6.07, 6.45) is 0. The number of nitrogen functional groups attached to an aromatic ring is 1. The second kappa shape index (κ2) is 3.57. The third kappa shape index (κ3) is 1.64. The lowest BCUT2D eigenvalue weighted by molar-refractivity contribution is 0.215. The van der Waals surface area contributed by atoms with Crippen LogP contribution in [-0.2, 0) is 6.54 Å². The van der Waals surface area contributed by atoms with Gasteiger partial charge in [0, 0.05) is 25.3 Å². The molecule has 1 aromatic carbocycles. The Balaban J connectivity index is 2.10. The van der Waals surface area contributed by atoms with Crippen LogP contribution in [-0.4, -0.2) is 24.0 Å². The van der Waals surface area contributed by atoms with E-state index in [4.69, 9.17) is 5.73 Å². The first-order valence-corrected chi connectivity index (χ1v) is 4.63. The number of anilines is 1. The van der Waals surface area contributed by atoms with Crippen molar-refractivity contribution < 1.29 is 4.79 Å². The first-order chi connectivity index (χ1) is 6.77. The highest BCUT2D eigenvalue weighted by Crippen LogP contribution is 2.14. The first kappa shape index (κ1) is 8.87. The number of carbonyl (C=O) groups excluding carboxylic acids is 1. The van der Waals surface area contributed by atoms with Crippen LogP contribution >= 0.6 is 0 Å². The molecule has 1 fully saturated rings. The van der Waals surface area contributed by atoms with Crippen molar-refractivity contribution in [1.29, 1.82) is 0 Å². The Kier molecular flexibility index (Phi) is 2.26. The maximum Gasteiger partial charge on any atom is 0.317 e. The molecule has 1 saturated heterocycles. The van der Waals surface area contributed by atoms with Gasteiger partial charge in [-0.3, -0.25) is 0 Å². The number of hydrogen-bond acceptors (Lipinski definition) is 2. The zero-order valence-electron chi connectivity index (χ0n) is 7.86. The molecule has 1 heterocycles. The summed E-state index contributed by atoms with van der Waals surface area (Å²) < 4.78 is 0. The van der Waals surface area contributed by atoms with E-state index in [-0.39, 0.29) is 6.03 Å². The molecule has 1 aliphatic rings. The number of rotatable bonds is 2. The van der Waals surface area contributed by atoms with Gasteiger partial charge in [-0.05, 0) is 11.6 Å². The van der Waals surface area contributed by atoms with Gasteiger partial charge in [0.1, 0.15) is 0 Å². The van der Waals surface area contributed by atoms with Crippen LogP contribution in [0, 0.1) is 0 Å². The van der Waals surface area contributed by atoms with E-state index in [1.165, 1.54) is 0 Å². The Morgan fingerprint density at radius 3 is 2.86 bits per heavy atom. The molecule has 0 aliphatic carbocycles. The van der Waals surface area contributed by atoms with Crippen LogP contribution in [0.3, 0.4) is 0 Å². The smallest absolute Gasteiger partial charge is 0.317 e. The number of carbonyl (C=O) groups is 1. The van der Waals surface area contributed by atoms with Gasteiger partial charge in [0.25, 0.3) is 0 Å². The molecule has 2 amide bonds. The molecule has 14 heavy (non-hydrogen) atoms. The van der Waals surface area contributed by atoms with Gasteiger partial charge in [0.05, 0.1) is 0 Å². The van der Waals surface area contributed by atoms with Crippen molar-refractivity contribution in [2.24, 2.45) is 0 Å². The Morgan fingerprint density at radius 2 is 2.21 bits per heavy atom. The highest BCUT2D eigenvalue weighted by molar-refractivity contribution is 5.76. The fraction of sp³-hybridized carbons (Fsp3) is 0.300. The Bertz CT molecular complexity index is 351. The minimum Gasteiger partial charge on any atom is -0.398 e. The maximum atomic E-state index is 11.3. The molecule has 4 nitrogen and oxygen atoms in total. The number of benzene rings is 1. The van der Waals surface area contributed by atoms with Gasteiger partial charge in [0.2, 0.25) is 0 Å². The van der Waals surface area contributed by atoms with Gasteiger partial charge in [-0.1, -0.05) is 18.2 Å². The number of nitrogens with zero attached hydrogens (tertiary/aromatic N) is 1. The summed E-state index contributed by atoms with van der Waals surface area (Å²) in [4.78, 5) is 13.0. The van der Waals surface area contributed by atoms with Crippen LogP contribution in [0.15, 0.2) is 24.3 Å². The fourth-order valence-electron chi connectivity index (χ4n) is 1.55. The van der Waals surface area contributed by atoms with E-state index < -0.39 is 0 Å². The van der Waals surface area contributed by atoms with E-state index in [1.807, 2.05) is 24.3 Å². The van der Waals surface area contributed by atoms with Crippen LogP contribution in [0.1, 0.15) is 5.56 Å². The van der Waals surface area contributed by atoms with Crippen molar-refractivity contribution in [3.8, 4) is 0 Å². The van der Waals surface area contributed by atoms with Crippen LogP contribution < -0.4 is 11.1 Å². The summed E-state index contributed by atoms with van der Waals surface area (Å²) in [6.45, 7) is 2.08. The minimum atomic E-state index is -0.00625. The Hall–Kier alpha value is -1.71. The molecular weight excluding hydrogens is 178 g/mol. The number of amides is 2. The van der Waals surface area contributed by atoms with Gasteiger partial charge in [0.15, 0.2) is 0 Å². The van der Waals surface area contributed by atoms with Crippen LogP contribution in [0.25, 0.3) is 0 Å². The molecule has 0 radical (unpaired) electrons. The van der Waals surface area contributed by atoms with Gasteiger partial charge in [-0.2, -0.15) is 0 Å². The number of hydrogen-bond donors (Lipinski definition) is 2. The summed E-state index contributed by atoms with van der Waals surface area (Å²) >= 11 is 0. The average molecular weight is 191 g/mol. The summed E-state index contributed by atoms with van der Waals surface area (Å²) in [6, 6.07) is 7.61. The summed E-state index contributed by atoms with van der Waals surface area (Å²) in [5, 5.41) is 2.76. The van der Waals surface area contributed by atoms with Crippen molar-refractivity contribution in [2.45, 2.75) is 6.54 Å². The summed E-state index contributed by atoms with van der Waals surface area (Å²) in [5.74, 6) is 0. The van der Waals surface area contributed by atoms with Crippen molar-refractivity contribution in [2.75, 3.05) is 18.8 Å². The van der Waals surface area contributed by atoms with E-state index in [2.05, 4.69) is 5.32 Å². The largest absolute Gasteiger partial charge is 0.398 e. The predicted molar refractivity (Wildman–Crippen MR) is 54.7 cm³/mol. The highest BCUT2D eigenvalue weighted by Gasteiger charge is 2.19. The molecule has 2 rings (SSSR count). The lowest BCUT2D eigenvalue weighted by Crippen LogP contribution is -2.27. The predicted octanol–water partition coefficient (Wildman–Crippen LogP) is 0.794. The van der Waals surface area contributed by atoms with Crippen molar-refractivity contribution in [3.05, 3.63) is 29.8 Å². The van der Waals surface area contributed by atoms with Gasteiger partial charge >= 0.3 is 6.03 Å². The molecule has 0 saturated carbocycles. The van der Waals surface area contributed by atoms with Gasteiger partial charge in [-0.25, -0.2) is 4.79 Å². The van der Waals surface area contributed by atoms with E-state index in [0.717, 1.165) is 24.3 Å². The molecule has 0 bridgehead atoms. The van der Waals surface area contributed by atoms with Crippen molar-refractivity contribution in [1.82, 2.24) is 10.2 Å². The standard InChI is InChI=1S/C10H13N3O/c11-9-4-2-1-3-8(9)7-13-6-5-12-10(13)14/h1-4H,5-7,11H2,(H,12,14). The molecule has 0 aromatic heterocycles. The molecule has 1 aliphatic heterocycles. The monoisotopic (exact) mass is 191 g/mol. The van der Waals surface area contributed by atoms with Crippen LogP contribution in [0.4, 0.5) is 10.5 Å². The van der Waals surface area contributed by atoms with E-state index in [1.54, 1.807) is 4.90 Å². The third-order valence-corrected chi connectivity index (χ3v) is 2.36. The number of urea groups is 1. The fourth-order valence-corrected chi connectivity index (χ4v) is 1.55. The van der Waals surface area contributed by atoms with Crippen LogP contribution in [0.2, 0.25) is 0 Å². The molecular formula is C10H13N3O. The zero-order valence-corrected chi connectivity index (χ0v) is 7.86. The number of para-hydroxylation sites is 1. The SMILES string of the molecule is Nc1ccccc1CN1CCNC1=O. The lowest BCUT2D eigenvalue weighted by atomic mass is 10.2. The van der Waals surface area contributed by atoms with E-state index in [9.17, 15) is 4.79 Å². The van der Waals surface area contributed by atoms with Crippen molar-refractivity contribution in [3.63, 3.8) is 0 Å². The average Bonchev–Trinajstić information content (AvgIpc) is 2.56. The molecule has 0 unspecified atom stereocenters. The van der Waals surface area contributed by atoms with E-state index >= 15 is 0 Å². The third-order valence-electron chi connectivity index (χ3n) is 2.36. The topological polar surface area (TPSA) is 58.4 Å². The second-order valence-electron chi connectivity index (χ2n) is 3.35. The first-order valence-electron chi connectivity index (χ1n) is 4.63. The lowest BCUT2D eigenvalue weighted by Gasteiger charge is -2.15. The van der Waals surface area contributed by atoms with E-state index in [0.29, 0.717) is 6.54 Å². The summed E-state index contributed by atoms with van der Waals surface area (Å²) in [7, 11) is 0. The molecule has 4 heteroatoms. The molecule has 0 atom stereocenters. The Morgan fingerprint density at radius 1 is 1.43 bits per heavy atom.